The number of nitrogens with one attached hydrogen (secondary N) is 1. The molecule has 1 heterocycles. The van der Waals surface area contributed by atoms with Gasteiger partial charge in [0.25, 0.3) is 0 Å². The lowest BCUT2D eigenvalue weighted by molar-refractivity contribution is 0.0490. The molecule has 0 aromatic heterocycles. The van der Waals surface area contributed by atoms with Crippen molar-refractivity contribution in [1.82, 2.24) is 10.2 Å². The fraction of sp³-hybridized carbons (Fsp3) is 0.682. The van der Waals surface area contributed by atoms with Gasteiger partial charge in [-0.25, -0.2) is 17.6 Å². The smallest absolute Gasteiger partial charge is 0.407 e. The quantitative estimate of drug-likeness (QED) is 0.622. The Bertz CT molecular complexity index is 857. The van der Waals surface area contributed by atoms with Crippen molar-refractivity contribution in [3.05, 3.63) is 35.6 Å². The number of carbonyl (C=O) groups is 1. The number of likely N-dealkylation sites (tertiary alicyclic amines) is 1. The summed E-state index contributed by atoms with van der Waals surface area (Å²) < 4.78 is 43.6. The molecule has 7 nitrogen and oxygen atoms in total. The van der Waals surface area contributed by atoms with Crippen LogP contribution in [-0.2, 0) is 21.0 Å². The van der Waals surface area contributed by atoms with E-state index in [4.69, 9.17) is 10.5 Å². The van der Waals surface area contributed by atoms with Gasteiger partial charge in [-0.05, 0) is 71.6 Å². The van der Waals surface area contributed by atoms with E-state index in [1.54, 1.807) is 39.0 Å². The Kier molecular flexibility index (Phi) is 8.47. The zero-order chi connectivity index (χ0) is 23.4. The van der Waals surface area contributed by atoms with E-state index in [0.717, 1.165) is 19.2 Å². The molecule has 0 aliphatic carbocycles. The van der Waals surface area contributed by atoms with Crippen LogP contribution in [0, 0.1) is 5.82 Å². The molecular weight excluding hydrogens is 421 g/mol. The molecule has 9 heteroatoms. The third kappa shape index (κ3) is 7.73. The highest BCUT2D eigenvalue weighted by Crippen LogP contribution is 2.26. The number of halogens is 1. The van der Waals surface area contributed by atoms with Crippen molar-refractivity contribution in [3.63, 3.8) is 0 Å². The van der Waals surface area contributed by atoms with Crippen LogP contribution < -0.4 is 11.1 Å². The molecule has 0 saturated carbocycles. The van der Waals surface area contributed by atoms with Gasteiger partial charge in [-0.1, -0.05) is 18.2 Å². The van der Waals surface area contributed by atoms with E-state index >= 15 is 0 Å². The summed E-state index contributed by atoms with van der Waals surface area (Å²) in [6.45, 7) is 8.06. The van der Waals surface area contributed by atoms with E-state index in [1.165, 1.54) is 6.07 Å². The maximum atomic E-state index is 14.3. The SMILES string of the molecule is CC(C[C@@H](Cc1ccccc1F)NC(=O)OC(C)(C)C)N1CCC[C@H]1C(N)S(C)(=O)=O. The van der Waals surface area contributed by atoms with Crippen LogP contribution >= 0.6 is 0 Å². The van der Waals surface area contributed by atoms with Gasteiger partial charge in [-0.2, -0.15) is 0 Å². The number of alkyl carbamates (subject to hydrolysis) is 1. The Labute approximate surface area is 185 Å². The zero-order valence-electron chi connectivity index (χ0n) is 19.1. The first-order chi connectivity index (χ1) is 14.3. The number of carbonyl (C=O) groups excluding carboxylic acids is 1. The highest BCUT2D eigenvalue weighted by molar-refractivity contribution is 7.91. The molecule has 4 atom stereocenters. The summed E-state index contributed by atoms with van der Waals surface area (Å²) in [4.78, 5) is 14.5. The number of sulfone groups is 1. The summed E-state index contributed by atoms with van der Waals surface area (Å²) in [7, 11) is -3.38. The van der Waals surface area contributed by atoms with E-state index in [2.05, 4.69) is 10.2 Å². The van der Waals surface area contributed by atoms with Crippen molar-refractivity contribution in [1.29, 1.82) is 0 Å². The van der Waals surface area contributed by atoms with Gasteiger partial charge in [-0.3, -0.25) is 4.90 Å². The maximum absolute atomic E-state index is 14.3. The number of nitrogens with two attached hydrogens (primary N) is 1. The second-order valence-electron chi connectivity index (χ2n) is 9.46. The third-order valence-electron chi connectivity index (χ3n) is 5.55. The van der Waals surface area contributed by atoms with Crippen LogP contribution in [0.4, 0.5) is 9.18 Å². The largest absolute Gasteiger partial charge is 0.444 e. The highest BCUT2D eigenvalue weighted by atomic mass is 32.2. The monoisotopic (exact) mass is 457 g/mol. The molecule has 1 aromatic carbocycles. The number of amides is 1. The van der Waals surface area contributed by atoms with Gasteiger partial charge in [0.05, 0.1) is 0 Å². The van der Waals surface area contributed by atoms with Crippen molar-refractivity contribution in [2.75, 3.05) is 12.8 Å². The fourth-order valence-electron chi connectivity index (χ4n) is 4.14. The Hall–Kier alpha value is -1.71. The van der Waals surface area contributed by atoms with Gasteiger partial charge in [-0.15, -0.1) is 0 Å². The predicted octanol–water partition coefficient (Wildman–Crippen LogP) is 2.83. The van der Waals surface area contributed by atoms with Crippen molar-refractivity contribution in [2.24, 2.45) is 5.73 Å². The average Bonchev–Trinajstić information content (AvgIpc) is 3.10. The molecule has 1 aromatic rings. The standard InChI is InChI=1S/C22H36FN3O4S/c1-15(26-12-8-11-19(26)20(24)31(5,28)29)13-17(25-21(27)30-22(2,3)4)14-16-9-6-7-10-18(16)23/h6-7,9-10,15,17,19-20H,8,11-14,24H2,1-5H3,(H,25,27)/t15?,17-,19-,20?/m0/s1. The average molecular weight is 458 g/mol. The highest BCUT2D eigenvalue weighted by Gasteiger charge is 2.38. The number of nitrogens with zero attached hydrogens (tertiary/aromatic N) is 1. The summed E-state index contributed by atoms with van der Waals surface area (Å²) in [6.07, 6.45) is 2.95. The van der Waals surface area contributed by atoms with Crippen molar-refractivity contribution in [2.45, 2.75) is 82.5 Å². The first-order valence-corrected chi connectivity index (χ1v) is 12.7. The number of hydrogen-bond donors (Lipinski definition) is 2. The van der Waals surface area contributed by atoms with Crippen LogP contribution in [0.3, 0.4) is 0 Å². The van der Waals surface area contributed by atoms with Crippen LogP contribution in [0.15, 0.2) is 24.3 Å². The van der Waals surface area contributed by atoms with E-state index in [0.29, 0.717) is 24.8 Å². The molecule has 31 heavy (non-hydrogen) atoms. The molecule has 1 saturated heterocycles. The third-order valence-corrected chi connectivity index (χ3v) is 6.86. The van der Waals surface area contributed by atoms with Crippen molar-refractivity contribution < 1.29 is 22.3 Å². The molecule has 0 spiro atoms. The molecule has 1 aliphatic rings. The lowest BCUT2D eigenvalue weighted by Gasteiger charge is -2.35. The van der Waals surface area contributed by atoms with Gasteiger partial charge in [0.15, 0.2) is 9.84 Å². The van der Waals surface area contributed by atoms with E-state index in [-0.39, 0.29) is 17.9 Å². The van der Waals surface area contributed by atoms with Crippen LogP contribution in [0.1, 0.15) is 52.5 Å². The topological polar surface area (TPSA) is 102 Å². The van der Waals surface area contributed by atoms with Crippen LogP contribution in [0.2, 0.25) is 0 Å². The van der Waals surface area contributed by atoms with E-state index < -0.39 is 32.9 Å². The zero-order valence-corrected chi connectivity index (χ0v) is 19.9. The molecule has 1 fully saturated rings. The molecule has 3 N–H and O–H groups in total. The second kappa shape index (κ2) is 10.3. The summed E-state index contributed by atoms with van der Waals surface area (Å²) in [5.41, 5.74) is 5.89. The number of ether oxygens (including phenoxy) is 1. The van der Waals surface area contributed by atoms with Crippen molar-refractivity contribution in [3.8, 4) is 0 Å². The van der Waals surface area contributed by atoms with Crippen LogP contribution in [0.25, 0.3) is 0 Å². The Morgan fingerprint density at radius 1 is 1.35 bits per heavy atom. The Morgan fingerprint density at radius 2 is 2.00 bits per heavy atom. The molecule has 2 rings (SSSR count). The molecule has 0 radical (unpaired) electrons. The van der Waals surface area contributed by atoms with Crippen LogP contribution in [-0.4, -0.2) is 61.3 Å². The number of benzene rings is 1. The Balaban J connectivity index is 2.17. The molecule has 0 bridgehead atoms. The normalized spacial score (nSPS) is 20.8. The molecule has 1 aliphatic heterocycles. The summed E-state index contributed by atoms with van der Waals surface area (Å²) in [5.74, 6) is -0.329. The summed E-state index contributed by atoms with van der Waals surface area (Å²) in [5, 5.41) is 1.92. The second-order valence-corrected chi connectivity index (χ2v) is 11.7. The minimum absolute atomic E-state index is 0.0630. The summed E-state index contributed by atoms with van der Waals surface area (Å²) >= 11 is 0. The van der Waals surface area contributed by atoms with Gasteiger partial charge in [0.1, 0.15) is 16.8 Å². The van der Waals surface area contributed by atoms with E-state index in [1.807, 2.05) is 6.92 Å². The van der Waals surface area contributed by atoms with Gasteiger partial charge < -0.3 is 15.8 Å². The van der Waals surface area contributed by atoms with E-state index in [9.17, 15) is 17.6 Å². The summed E-state index contributed by atoms with van der Waals surface area (Å²) in [6, 6.07) is 5.74. The molecule has 1 amide bonds. The molecule has 176 valence electrons. The molecular formula is C22H36FN3O4S. The minimum atomic E-state index is -3.38. The maximum Gasteiger partial charge on any atom is 0.407 e. The number of rotatable bonds is 8. The molecule has 2 unspecified atom stereocenters. The lowest BCUT2D eigenvalue weighted by Crippen LogP contribution is -2.52. The first kappa shape index (κ1) is 25.5. The van der Waals surface area contributed by atoms with Crippen molar-refractivity contribution >= 4 is 15.9 Å². The fourth-order valence-corrected chi connectivity index (χ4v) is 5.01. The first-order valence-electron chi connectivity index (χ1n) is 10.7. The van der Waals surface area contributed by atoms with Gasteiger partial charge >= 0.3 is 6.09 Å². The predicted molar refractivity (Wildman–Crippen MR) is 120 cm³/mol. The van der Waals surface area contributed by atoms with Gasteiger partial charge in [0.2, 0.25) is 0 Å². The number of hydrogen-bond acceptors (Lipinski definition) is 6. The van der Waals surface area contributed by atoms with Crippen LogP contribution in [0.5, 0.6) is 0 Å². The van der Waals surface area contributed by atoms with Gasteiger partial charge in [0, 0.05) is 24.4 Å². The minimum Gasteiger partial charge on any atom is -0.444 e. The Morgan fingerprint density at radius 3 is 2.58 bits per heavy atom. The lowest BCUT2D eigenvalue weighted by atomic mass is 9.98.